The summed E-state index contributed by atoms with van der Waals surface area (Å²) in [6.07, 6.45) is 0.288. The van der Waals surface area contributed by atoms with E-state index in [1.807, 2.05) is 36.4 Å². The number of aromatic hydroxyl groups is 1. The van der Waals surface area contributed by atoms with Gasteiger partial charge in [0.05, 0.1) is 18.7 Å². The predicted molar refractivity (Wildman–Crippen MR) is 132 cm³/mol. The number of ether oxygens (including phenoxy) is 1. The molecule has 0 saturated heterocycles. The van der Waals surface area contributed by atoms with Crippen molar-refractivity contribution in [3.63, 3.8) is 0 Å². The Labute approximate surface area is 206 Å². The molecule has 34 heavy (non-hydrogen) atoms. The minimum absolute atomic E-state index is 0.0963. The largest absolute Gasteiger partial charge is 0.508 e. The van der Waals surface area contributed by atoms with Crippen molar-refractivity contribution in [2.24, 2.45) is 0 Å². The highest BCUT2D eigenvalue weighted by Crippen LogP contribution is 2.42. The maximum Gasteiger partial charge on any atom is 0.410 e. The fraction of sp³-hybridized carbons (Fsp3) is 0.280. The number of rotatable bonds is 4. The van der Waals surface area contributed by atoms with Gasteiger partial charge in [-0.15, -0.1) is 11.3 Å². The highest BCUT2D eigenvalue weighted by molar-refractivity contribution is 7.16. The van der Waals surface area contributed by atoms with E-state index in [0.717, 1.165) is 26.6 Å². The number of halogens is 1. The van der Waals surface area contributed by atoms with Gasteiger partial charge in [-0.3, -0.25) is 4.79 Å². The Morgan fingerprint density at radius 3 is 2.88 bits per heavy atom. The monoisotopic (exact) mass is 497 g/mol. The summed E-state index contributed by atoms with van der Waals surface area (Å²) in [5.74, 6) is -0.0873. The first-order chi connectivity index (χ1) is 16.4. The molecule has 7 nitrogen and oxygen atoms in total. The molecule has 3 N–H and O–H groups in total. The zero-order valence-electron chi connectivity index (χ0n) is 18.6. The van der Waals surface area contributed by atoms with Crippen molar-refractivity contribution in [2.75, 3.05) is 18.5 Å². The molecule has 2 aliphatic heterocycles. The summed E-state index contributed by atoms with van der Waals surface area (Å²) in [6, 6.07) is 13.0. The maximum atomic E-state index is 13.1. The van der Waals surface area contributed by atoms with Crippen LogP contribution >= 0.6 is 22.9 Å². The number of carbonyl (C=O) groups is 2. The van der Waals surface area contributed by atoms with Gasteiger partial charge in [-0.2, -0.15) is 0 Å². The molecular formula is C25H24ClN3O4S. The second kappa shape index (κ2) is 9.19. The van der Waals surface area contributed by atoms with E-state index >= 15 is 0 Å². The number of hydrogen-bond donors (Lipinski definition) is 3. The number of benzene rings is 2. The van der Waals surface area contributed by atoms with Crippen LogP contribution in [0.2, 0.25) is 5.02 Å². The number of anilines is 1. The SMILES string of the molecule is CCOC(=O)N1CCc2c(sc3c2C(=O)N[C@@H](c2cc(Cc4ccccc4Cl)ccc2O)N3)C1. The van der Waals surface area contributed by atoms with Gasteiger partial charge in [-0.25, -0.2) is 4.79 Å². The van der Waals surface area contributed by atoms with Crippen molar-refractivity contribution in [3.8, 4) is 5.75 Å². The zero-order chi connectivity index (χ0) is 23.8. The third-order valence-electron chi connectivity index (χ3n) is 6.12. The number of hydrogen-bond acceptors (Lipinski definition) is 6. The van der Waals surface area contributed by atoms with E-state index in [-0.39, 0.29) is 17.7 Å². The molecule has 3 heterocycles. The van der Waals surface area contributed by atoms with Gasteiger partial charge in [0.25, 0.3) is 5.91 Å². The number of amides is 2. The van der Waals surface area contributed by atoms with Crippen molar-refractivity contribution in [1.29, 1.82) is 0 Å². The fourth-order valence-corrected chi connectivity index (χ4v) is 5.94. The van der Waals surface area contributed by atoms with Gasteiger partial charge in [0, 0.05) is 22.0 Å². The van der Waals surface area contributed by atoms with Crippen molar-refractivity contribution in [1.82, 2.24) is 10.2 Å². The second-order valence-corrected chi connectivity index (χ2v) is 9.80. The molecule has 0 unspecified atom stereocenters. The third kappa shape index (κ3) is 4.19. The van der Waals surface area contributed by atoms with Crippen LogP contribution in [-0.2, 0) is 24.1 Å². The average Bonchev–Trinajstić information content (AvgIpc) is 3.20. The Bertz CT molecular complexity index is 1280. The summed E-state index contributed by atoms with van der Waals surface area (Å²) in [4.78, 5) is 27.9. The van der Waals surface area contributed by atoms with E-state index in [9.17, 15) is 14.7 Å². The molecule has 1 atom stereocenters. The smallest absolute Gasteiger partial charge is 0.410 e. The van der Waals surface area contributed by atoms with Gasteiger partial charge in [-0.05, 0) is 54.7 Å². The van der Waals surface area contributed by atoms with Crippen LogP contribution in [-0.4, -0.2) is 35.2 Å². The molecule has 5 rings (SSSR count). The van der Waals surface area contributed by atoms with Crippen LogP contribution < -0.4 is 10.6 Å². The first-order valence-corrected chi connectivity index (χ1v) is 12.3. The molecule has 0 spiro atoms. The molecule has 0 bridgehead atoms. The number of carbonyl (C=O) groups excluding carboxylic acids is 2. The van der Waals surface area contributed by atoms with Crippen LogP contribution in [0, 0.1) is 0 Å². The van der Waals surface area contributed by atoms with Crippen molar-refractivity contribution < 1.29 is 19.4 Å². The average molecular weight is 498 g/mol. The lowest BCUT2D eigenvalue weighted by Crippen LogP contribution is -2.39. The second-order valence-electron chi connectivity index (χ2n) is 8.29. The topological polar surface area (TPSA) is 90.9 Å². The van der Waals surface area contributed by atoms with Crippen molar-refractivity contribution >= 4 is 39.9 Å². The number of nitrogens with zero attached hydrogens (tertiary/aromatic N) is 1. The van der Waals surface area contributed by atoms with Crippen LogP contribution in [0.1, 0.15) is 50.6 Å². The molecule has 1 aromatic heterocycles. The van der Waals surface area contributed by atoms with E-state index in [2.05, 4.69) is 10.6 Å². The van der Waals surface area contributed by atoms with E-state index in [4.69, 9.17) is 16.3 Å². The first-order valence-electron chi connectivity index (χ1n) is 11.1. The molecule has 0 radical (unpaired) electrons. The highest BCUT2D eigenvalue weighted by atomic mass is 35.5. The molecule has 2 aliphatic rings. The summed E-state index contributed by atoms with van der Waals surface area (Å²) in [5.41, 5.74) is 4.15. The third-order valence-corrected chi connectivity index (χ3v) is 7.63. The first kappa shape index (κ1) is 22.6. The van der Waals surface area contributed by atoms with Crippen LogP contribution in [0.5, 0.6) is 5.75 Å². The van der Waals surface area contributed by atoms with E-state index < -0.39 is 6.17 Å². The standard InChI is InChI=1S/C25H24ClN3O4S/c1-2-33-25(32)29-10-9-16-20(13-29)34-24-21(16)23(31)27-22(28-24)17-12-14(7-8-19(17)30)11-15-5-3-4-6-18(15)26/h3-8,12,22,28,30H,2,9-11,13H2,1H3,(H,27,31)/t22-/m1/s1. The van der Waals surface area contributed by atoms with E-state index in [1.54, 1.807) is 17.9 Å². The number of phenolic OH excluding ortho intramolecular Hbond substituents is 1. The van der Waals surface area contributed by atoms with Crippen LogP contribution in [0.3, 0.4) is 0 Å². The summed E-state index contributed by atoms with van der Waals surface area (Å²) >= 11 is 7.79. The van der Waals surface area contributed by atoms with Gasteiger partial charge >= 0.3 is 6.09 Å². The van der Waals surface area contributed by atoms with Gasteiger partial charge in [0.15, 0.2) is 0 Å². The normalized spacial score (nSPS) is 16.8. The quantitative estimate of drug-likeness (QED) is 0.468. The minimum Gasteiger partial charge on any atom is -0.508 e. The predicted octanol–water partition coefficient (Wildman–Crippen LogP) is 5.07. The Kier molecular flexibility index (Phi) is 6.10. The molecule has 0 aliphatic carbocycles. The number of thiophene rings is 1. The van der Waals surface area contributed by atoms with Crippen LogP contribution in [0.4, 0.5) is 9.80 Å². The lowest BCUT2D eigenvalue weighted by molar-refractivity contribution is 0.0934. The Morgan fingerprint density at radius 2 is 2.09 bits per heavy atom. The van der Waals surface area contributed by atoms with Gasteiger partial charge in [0.2, 0.25) is 0 Å². The Balaban J connectivity index is 1.40. The van der Waals surface area contributed by atoms with Crippen molar-refractivity contribution in [3.05, 3.63) is 80.2 Å². The van der Waals surface area contributed by atoms with Crippen LogP contribution in [0.25, 0.3) is 0 Å². The molecule has 9 heteroatoms. The fourth-order valence-electron chi connectivity index (χ4n) is 4.45. The van der Waals surface area contributed by atoms with Crippen LogP contribution in [0.15, 0.2) is 42.5 Å². The molecule has 0 saturated carbocycles. The molecule has 2 aromatic carbocycles. The summed E-state index contributed by atoms with van der Waals surface area (Å²) in [7, 11) is 0. The van der Waals surface area contributed by atoms with Gasteiger partial charge < -0.3 is 25.4 Å². The number of fused-ring (bicyclic) bond motifs is 3. The Morgan fingerprint density at radius 1 is 1.26 bits per heavy atom. The maximum absolute atomic E-state index is 13.1. The van der Waals surface area contributed by atoms with Crippen molar-refractivity contribution in [2.45, 2.75) is 32.5 Å². The zero-order valence-corrected chi connectivity index (χ0v) is 20.1. The lowest BCUT2D eigenvalue weighted by Gasteiger charge is -2.28. The molecule has 2 amide bonds. The molecule has 0 fully saturated rings. The van der Waals surface area contributed by atoms with Gasteiger partial charge in [0.1, 0.15) is 16.9 Å². The van der Waals surface area contributed by atoms with E-state index in [0.29, 0.717) is 48.7 Å². The number of phenols is 1. The van der Waals surface area contributed by atoms with Gasteiger partial charge in [-0.1, -0.05) is 35.9 Å². The van der Waals surface area contributed by atoms with E-state index in [1.165, 1.54) is 11.3 Å². The highest BCUT2D eigenvalue weighted by Gasteiger charge is 2.35. The molecule has 176 valence electrons. The summed E-state index contributed by atoms with van der Waals surface area (Å²) in [6.45, 7) is 3.04. The summed E-state index contributed by atoms with van der Waals surface area (Å²) in [5, 5.41) is 18.4. The molecular weight excluding hydrogens is 474 g/mol. The summed E-state index contributed by atoms with van der Waals surface area (Å²) < 4.78 is 5.13. The number of nitrogens with one attached hydrogen (secondary N) is 2. The molecule has 3 aromatic rings. The Hall–Kier alpha value is -3.23. The lowest BCUT2D eigenvalue weighted by atomic mass is 9.98. The minimum atomic E-state index is -0.576.